The van der Waals surface area contributed by atoms with Gasteiger partial charge < -0.3 is 14.8 Å². The zero-order valence-electron chi connectivity index (χ0n) is 14.5. The first-order chi connectivity index (χ1) is 11.3. The molecule has 1 atom stereocenters. The lowest BCUT2D eigenvalue weighted by molar-refractivity contribution is -0.143. The van der Waals surface area contributed by atoms with Crippen LogP contribution in [0.3, 0.4) is 0 Å². The minimum Gasteiger partial charge on any atom is -0.345 e. The van der Waals surface area contributed by atoms with Crippen molar-refractivity contribution in [1.82, 2.24) is 19.8 Å². The maximum absolute atomic E-state index is 12.7. The Balaban J connectivity index is 1.80. The highest BCUT2D eigenvalue weighted by atomic mass is 16.2. The quantitative estimate of drug-likeness (QED) is 0.874. The summed E-state index contributed by atoms with van der Waals surface area (Å²) in [5.74, 6) is 0.439. The zero-order chi connectivity index (χ0) is 17.5. The smallest absolute Gasteiger partial charge is 0.263 e. The van der Waals surface area contributed by atoms with Crippen LogP contribution in [0.25, 0.3) is 0 Å². The van der Waals surface area contributed by atoms with Crippen LogP contribution < -0.4 is 5.56 Å². The largest absolute Gasteiger partial charge is 0.345 e. The van der Waals surface area contributed by atoms with Crippen LogP contribution in [0.2, 0.25) is 0 Å². The Bertz CT molecular complexity index is 727. The molecule has 1 aromatic heterocycles. The van der Waals surface area contributed by atoms with E-state index in [4.69, 9.17) is 0 Å². The summed E-state index contributed by atoms with van der Waals surface area (Å²) in [5.41, 5.74) is -0.833. The standard InChI is InChI=1S/C17H24N4O3/c1-11(2)13-18-9-12(14(22)19-13)15(23)21-8-6-17(10-21)5-4-7-20(3)16(17)24/h9,11H,4-8,10H2,1-3H3,(H,18,19,22)/t17-/m1/s1. The summed E-state index contributed by atoms with van der Waals surface area (Å²) in [5, 5.41) is 0. The van der Waals surface area contributed by atoms with Crippen LogP contribution in [-0.2, 0) is 4.79 Å². The van der Waals surface area contributed by atoms with Crippen molar-refractivity contribution >= 4 is 11.8 Å². The third-order valence-corrected chi connectivity index (χ3v) is 5.19. The van der Waals surface area contributed by atoms with Gasteiger partial charge in [-0.05, 0) is 19.3 Å². The van der Waals surface area contributed by atoms with Gasteiger partial charge in [-0.25, -0.2) is 4.98 Å². The Kier molecular flexibility index (Phi) is 4.19. The molecule has 1 aromatic rings. The molecule has 1 spiro atoms. The first kappa shape index (κ1) is 16.7. The highest BCUT2D eigenvalue weighted by Crippen LogP contribution is 2.39. The number of carbonyl (C=O) groups excluding carboxylic acids is 2. The number of rotatable bonds is 2. The van der Waals surface area contributed by atoms with Crippen LogP contribution in [0.15, 0.2) is 11.0 Å². The lowest BCUT2D eigenvalue weighted by Crippen LogP contribution is -2.48. The van der Waals surface area contributed by atoms with Gasteiger partial charge in [-0.15, -0.1) is 0 Å². The van der Waals surface area contributed by atoms with Crippen molar-refractivity contribution in [3.63, 3.8) is 0 Å². The van der Waals surface area contributed by atoms with Crippen LogP contribution in [0, 0.1) is 5.41 Å². The highest BCUT2D eigenvalue weighted by Gasteiger charge is 2.48. The third kappa shape index (κ3) is 2.72. The monoisotopic (exact) mass is 332 g/mol. The average molecular weight is 332 g/mol. The van der Waals surface area contributed by atoms with Gasteiger partial charge in [0.15, 0.2) is 0 Å². The molecule has 0 bridgehead atoms. The number of aromatic nitrogens is 2. The number of hydrogen-bond donors (Lipinski definition) is 1. The van der Waals surface area contributed by atoms with Crippen molar-refractivity contribution in [2.75, 3.05) is 26.7 Å². The van der Waals surface area contributed by atoms with E-state index in [1.165, 1.54) is 6.20 Å². The number of nitrogens with zero attached hydrogens (tertiary/aromatic N) is 3. The second-order valence-corrected chi connectivity index (χ2v) is 7.25. The Morgan fingerprint density at radius 3 is 2.71 bits per heavy atom. The number of hydrogen-bond acceptors (Lipinski definition) is 4. The molecule has 0 unspecified atom stereocenters. The topological polar surface area (TPSA) is 86.4 Å². The van der Waals surface area contributed by atoms with Gasteiger partial charge in [-0.3, -0.25) is 14.4 Å². The second kappa shape index (κ2) is 6.03. The summed E-state index contributed by atoms with van der Waals surface area (Å²) in [4.78, 5) is 47.7. The normalized spacial score (nSPS) is 24.2. The summed E-state index contributed by atoms with van der Waals surface area (Å²) in [6, 6.07) is 0. The third-order valence-electron chi connectivity index (χ3n) is 5.19. The maximum atomic E-state index is 12.7. The molecule has 3 heterocycles. The van der Waals surface area contributed by atoms with Crippen molar-refractivity contribution in [3.8, 4) is 0 Å². The van der Waals surface area contributed by atoms with E-state index >= 15 is 0 Å². The maximum Gasteiger partial charge on any atom is 0.263 e. The molecule has 24 heavy (non-hydrogen) atoms. The minimum absolute atomic E-state index is 0.0491. The summed E-state index contributed by atoms with van der Waals surface area (Å²) in [6.07, 6.45) is 3.78. The minimum atomic E-state index is -0.472. The number of aromatic amines is 1. The van der Waals surface area contributed by atoms with Gasteiger partial charge in [-0.2, -0.15) is 0 Å². The Morgan fingerprint density at radius 2 is 2.04 bits per heavy atom. The van der Waals surface area contributed by atoms with Gasteiger partial charge >= 0.3 is 0 Å². The van der Waals surface area contributed by atoms with E-state index in [1.807, 2.05) is 20.9 Å². The zero-order valence-corrected chi connectivity index (χ0v) is 14.5. The van der Waals surface area contributed by atoms with E-state index in [1.54, 1.807) is 9.80 Å². The number of piperidine rings is 1. The summed E-state index contributed by atoms with van der Waals surface area (Å²) in [6.45, 7) is 5.52. The summed E-state index contributed by atoms with van der Waals surface area (Å²) in [7, 11) is 1.81. The van der Waals surface area contributed by atoms with E-state index in [0.717, 1.165) is 19.4 Å². The molecule has 0 aliphatic carbocycles. The van der Waals surface area contributed by atoms with Gasteiger partial charge in [0.1, 0.15) is 11.4 Å². The fourth-order valence-electron chi connectivity index (χ4n) is 3.72. The molecule has 7 nitrogen and oxygen atoms in total. The molecule has 2 aliphatic heterocycles. The highest BCUT2D eigenvalue weighted by molar-refractivity contribution is 5.95. The molecule has 0 saturated carbocycles. The van der Waals surface area contributed by atoms with Crippen molar-refractivity contribution in [2.45, 2.75) is 39.0 Å². The number of H-pyrrole nitrogens is 1. The van der Waals surface area contributed by atoms with Crippen molar-refractivity contribution in [3.05, 3.63) is 27.9 Å². The molecule has 2 fully saturated rings. The average Bonchev–Trinajstić information content (AvgIpc) is 2.97. The fourth-order valence-corrected chi connectivity index (χ4v) is 3.72. The lowest BCUT2D eigenvalue weighted by Gasteiger charge is -2.37. The Hall–Kier alpha value is -2.18. The van der Waals surface area contributed by atoms with Gasteiger partial charge in [0, 0.05) is 38.8 Å². The molecule has 2 aliphatic rings. The van der Waals surface area contributed by atoms with Crippen LogP contribution >= 0.6 is 0 Å². The molecule has 0 aromatic carbocycles. The first-order valence-electron chi connectivity index (χ1n) is 8.48. The number of amides is 2. The van der Waals surface area contributed by atoms with Crippen LogP contribution in [-0.4, -0.2) is 58.3 Å². The molecule has 2 saturated heterocycles. The SMILES string of the molecule is CC(C)c1ncc(C(=O)N2CC[C@]3(CCCN(C)C3=O)C2)c(=O)[nH]1. The molecule has 1 N–H and O–H groups in total. The van der Waals surface area contributed by atoms with Crippen molar-refractivity contribution in [2.24, 2.45) is 5.41 Å². The second-order valence-electron chi connectivity index (χ2n) is 7.25. The predicted octanol–water partition coefficient (Wildman–Crippen LogP) is 0.978. The van der Waals surface area contributed by atoms with Gasteiger partial charge in [0.25, 0.3) is 11.5 Å². The molecular weight excluding hydrogens is 308 g/mol. The van der Waals surface area contributed by atoms with Gasteiger partial charge in [-0.1, -0.05) is 13.8 Å². The predicted molar refractivity (Wildman–Crippen MR) is 88.8 cm³/mol. The van der Waals surface area contributed by atoms with Crippen LogP contribution in [0.4, 0.5) is 0 Å². The first-order valence-corrected chi connectivity index (χ1v) is 8.48. The van der Waals surface area contributed by atoms with Crippen molar-refractivity contribution < 1.29 is 9.59 Å². The molecule has 0 radical (unpaired) electrons. The van der Waals surface area contributed by atoms with E-state index in [0.29, 0.717) is 25.3 Å². The number of likely N-dealkylation sites (tertiary alicyclic amines) is 2. The van der Waals surface area contributed by atoms with E-state index in [-0.39, 0.29) is 23.3 Å². The molecule has 130 valence electrons. The Labute approximate surface area is 141 Å². The van der Waals surface area contributed by atoms with Crippen molar-refractivity contribution in [1.29, 1.82) is 0 Å². The van der Waals surface area contributed by atoms with Gasteiger partial charge in [0.2, 0.25) is 5.91 Å². The molecular formula is C17H24N4O3. The van der Waals surface area contributed by atoms with Gasteiger partial charge in [0.05, 0.1) is 5.41 Å². The van der Waals surface area contributed by atoms with E-state index < -0.39 is 11.0 Å². The van der Waals surface area contributed by atoms with E-state index in [9.17, 15) is 14.4 Å². The molecule has 2 amide bonds. The number of nitrogens with one attached hydrogen (secondary N) is 1. The van der Waals surface area contributed by atoms with E-state index in [2.05, 4.69) is 9.97 Å². The summed E-state index contributed by atoms with van der Waals surface area (Å²) < 4.78 is 0. The van der Waals surface area contributed by atoms with Crippen LogP contribution in [0.5, 0.6) is 0 Å². The van der Waals surface area contributed by atoms with Crippen LogP contribution in [0.1, 0.15) is 55.2 Å². The Morgan fingerprint density at radius 1 is 1.29 bits per heavy atom. The molecule has 3 rings (SSSR count). The summed E-state index contributed by atoms with van der Waals surface area (Å²) >= 11 is 0. The fraction of sp³-hybridized carbons (Fsp3) is 0.647. The molecule has 7 heteroatoms. The lowest BCUT2D eigenvalue weighted by atomic mass is 9.78. The number of carbonyl (C=O) groups is 2.